The van der Waals surface area contributed by atoms with Crippen LogP contribution in [0.4, 0.5) is 0 Å². The molecule has 8 aliphatic heterocycles. The van der Waals surface area contributed by atoms with Crippen molar-refractivity contribution in [2.24, 2.45) is 22.9 Å². The fourth-order valence-electron chi connectivity index (χ4n) is 10.6. The summed E-state index contributed by atoms with van der Waals surface area (Å²) < 4.78 is 161. The van der Waals surface area contributed by atoms with E-state index in [9.17, 15) is 87.2 Å². The van der Waals surface area contributed by atoms with Gasteiger partial charge in [-0.2, -0.15) is 16.8 Å². The molecule has 0 aliphatic carbocycles. The van der Waals surface area contributed by atoms with Crippen molar-refractivity contribution in [1.82, 2.24) is 0 Å². The molecule has 0 saturated carbocycles. The molecule has 32 atom stereocenters. The van der Waals surface area contributed by atoms with Gasteiger partial charge in [0.05, 0.1) is 101 Å². The molecule has 0 radical (unpaired) electrons. The highest BCUT2D eigenvalue weighted by Crippen LogP contribution is 2.35. The first kappa shape index (κ1) is 69.4. The molecule has 9 unspecified atom stereocenters. The molecule has 8 heterocycles. The van der Waals surface area contributed by atoms with Crippen LogP contribution in [0.1, 0.15) is 25.7 Å². The first-order valence-electron chi connectivity index (χ1n) is 27.0. The molecule has 8 saturated heterocycles. The molecule has 8 fully saturated rings. The molecule has 8 aliphatic rings. The van der Waals surface area contributed by atoms with Crippen LogP contribution in [0, 0.1) is 0 Å². The molecular formula is C44H78N4O35S2. The maximum Gasteiger partial charge on any atom is 0.397 e. The summed E-state index contributed by atoms with van der Waals surface area (Å²) in [6.07, 6.45) is -42.1. The average Bonchev–Trinajstić information content (AvgIpc) is 3.05. The van der Waals surface area contributed by atoms with Gasteiger partial charge in [0.25, 0.3) is 0 Å². The lowest BCUT2D eigenvalue weighted by Crippen LogP contribution is -2.66. The van der Waals surface area contributed by atoms with Crippen molar-refractivity contribution in [3.05, 3.63) is 0 Å². The number of hydrogen-bond donors (Lipinski definition) is 18. The Balaban J connectivity index is 0.831. The van der Waals surface area contributed by atoms with Gasteiger partial charge in [0.15, 0.2) is 50.3 Å². The molecule has 0 aromatic rings. The molecule has 85 heavy (non-hydrogen) atoms. The van der Waals surface area contributed by atoms with Gasteiger partial charge in [-0.15, -0.1) is 0 Å². The van der Waals surface area contributed by atoms with E-state index in [0.717, 1.165) is 0 Å². The SMILES string of the molecule is NC1[C@@H](OC2CO[C@@H](O[C@@H]3C(COS(=O)(=O)O)O[C@@H](O[C@@H]4CO[C@@H](O[C@@H]5C(COS(=O)(=O)O)O[C@@H](O[C@H]6CO[C@@H](O[C@@H]7C(CO)O[C@H](O)C(N)[C@H]7O)C[C@@H]6O)C(N)[C@H]5O)C[C@@H]4O)C(N)[C@H]3O)C[C@@H]2O)OC(CO)[C@@H](O[C@H]2C[C@H](O)[C@H](O)CO2)[C@@H]1O. The van der Waals surface area contributed by atoms with Crippen LogP contribution < -0.4 is 22.9 Å². The highest BCUT2D eigenvalue weighted by Gasteiger charge is 2.54. The van der Waals surface area contributed by atoms with Gasteiger partial charge >= 0.3 is 20.8 Å². The lowest BCUT2D eigenvalue weighted by molar-refractivity contribution is -0.350. The van der Waals surface area contributed by atoms with Crippen LogP contribution in [0.15, 0.2) is 0 Å². The minimum absolute atomic E-state index is 0.165. The maximum absolute atomic E-state index is 11.7. The third-order valence-electron chi connectivity index (χ3n) is 15.4. The normalized spacial score (nSPS) is 48.9. The summed E-state index contributed by atoms with van der Waals surface area (Å²) in [7, 11) is -10.3. The van der Waals surface area contributed by atoms with E-state index in [1.54, 1.807) is 0 Å². The summed E-state index contributed by atoms with van der Waals surface area (Å²) in [4.78, 5) is 0. The molecule has 0 spiro atoms. The Morgan fingerprint density at radius 1 is 0.376 bits per heavy atom. The molecule has 0 aromatic heterocycles. The fraction of sp³-hybridized carbons (Fsp3) is 1.00. The van der Waals surface area contributed by atoms with Crippen LogP contribution in [0.25, 0.3) is 0 Å². The predicted octanol–water partition coefficient (Wildman–Crippen LogP) is -12.3. The lowest BCUT2D eigenvalue weighted by atomic mass is 9.96. The molecule has 39 nitrogen and oxygen atoms in total. The minimum Gasteiger partial charge on any atom is -0.394 e. The van der Waals surface area contributed by atoms with Crippen LogP contribution in [-0.2, 0) is 100 Å². The zero-order chi connectivity index (χ0) is 62.0. The van der Waals surface area contributed by atoms with Gasteiger partial charge in [0.1, 0.15) is 97.7 Å². The third-order valence-corrected chi connectivity index (χ3v) is 16.3. The maximum atomic E-state index is 11.7. The van der Waals surface area contributed by atoms with Crippen molar-refractivity contribution in [3.63, 3.8) is 0 Å². The highest BCUT2D eigenvalue weighted by atomic mass is 32.3. The summed E-state index contributed by atoms with van der Waals surface area (Å²) in [5.74, 6) is 0. The topological polar surface area (TPSA) is 612 Å². The molecule has 0 amide bonds. The smallest absolute Gasteiger partial charge is 0.394 e. The molecule has 496 valence electrons. The van der Waals surface area contributed by atoms with Crippen molar-refractivity contribution in [2.45, 2.75) is 222 Å². The van der Waals surface area contributed by atoms with E-state index in [2.05, 4.69) is 8.37 Å². The van der Waals surface area contributed by atoms with E-state index < -0.39 is 276 Å². The quantitative estimate of drug-likeness (QED) is 0.0448. The Hall–Kier alpha value is -1.50. The largest absolute Gasteiger partial charge is 0.397 e. The lowest BCUT2D eigenvalue weighted by Gasteiger charge is -2.47. The zero-order valence-corrected chi connectivity index (χ0v) is 46.6. The summed E-state index contributed by atoms with van der Waals surface area (Å²) in [5, 5.41) is 128. The van der Waals surface area contributed by atoms with Crippen LogP contribution in [0.3, 0.4) is 0 Å². The first-order chi connectivity index (χ1) is 40.0. The first-order valence-corrected chi connectivity index (χ1v) is 29.7. The van der Waals surface area contributed by atoms with E-state index >= 15 is 0 Å². The van der Waals surface area contributed by atoms with Gasteiger partial charge < -0.3 is 155 Å². The van der Waals surface area contributed by atoms with E-state index in [1.165, 1.54) is 0 Å². The molecule has 0 aromatic carbocycles. The van der Waals surface area contributed by atoms with Crippen LogP contribution >= 0.6 is 0 Å². The Morgan fingerprint density at radius 2 is 0.671 bits per heavy atom. The van der Waals surface area contributed by atoms with Gasteiger partial charge in [-0.3, -0.25) is 9.11 Å². The molecule has 41 heteroatoms. The van der Waals surface area contributed by atoms with Gasteiger partial charge in [-0.25, -0.2) is 8.37 Å². The minimum atomic E-state index is -5.16. The third kappa shape index (κ3) is 17.6. The predicted molar refractivity (Wildman–Crippen MR) is 264 cm³/mol. The van der Waals surface area contributed by atoms with Crippen molar-refractivity contribution in [1.29, 1.82) is 0 Å². The summed E-state index contributed by atoms with van der Waals surface area (Å²) >= 11 is 0. The van der Waals surface area contributed by atoms with Crippen LogP contribution in [-0.4, -0.2) is 337 Å². The van der Waals surface area contributed by atoms with Crippen LogP contribution in [0.5, 0.6) is 0 Å². The standard InChI is InChI=1S/C44H78N4O35S2/c45-29-33(56)37(18(5-49)73-41(29)60)81-26-2-14(52)21(9-68-26)76-43-31(47)35(58)40(24(78-43)12-72-85(64,65)66)83-28-4-16(54)22(10-70-28)77-44-32(48)36(59)39(23(79-44)11-71-84(61,62)63)82-27-3-15(53)20(8-69-27)75-42-30(46)34(57)38(19(6-50)74-42)80-25-1-13(51)17(55)7-67-25/h13-44,49-60H,1-12,45-48H2,(H,61,62,63)(H,64,65,66)/t13-,14-,15-,16-,17+,18?,19?,20?,21-,22+,23?,24?,25-,26-,27-,28-,29?,30?,31?,32?,33+,34+,35+,36+,37+,38+,39+,40+,41-,42+,43+,44+/m0/s1. The fourth-order valence-corrected chi connectivity index (χ4v) is 11.2. The molecule has 22 N–H and O–H groups in total. The van der Waals surface area contributed by atoms with E-state index in [-0.39, 0.29) is 19.4 Å². The number of aliphatic hydroxyl groups excluding tert-OH is 12. The molecule has 8 rings (SSSR count). The van der Waals surface area contributed by atoms with Gasteiger partial charge in [-0.05, 0) is 0 Å². The summed E-state index contributed by atoms with van der Waals surface area (Å²) in [6, 6.07) is -5.78. The summed E-state index contributed by atoms with van der Waals surface area (Å²) in [5.41, 5.74) is 24.7. The molecular weight excluding hydrogens is 1210 g/mol. The van der Waals surface area contributed by atoms with Crippen molar-refractivity contribution < 1.29 is 167 Å². The number of ether oxygens (including phenoxy) is 15. The van der Waals surface area contributed by atoms with E-state index in [0.29, 0.717) is 0 Å². The number of nitrogens with two attached hydrogens (primary N) is 4. The summed E-state index contributed by atoms with van der Waals surface area (Å²) in [6.45, 7) is -5.18. The van der Waals surface area contributed by atoms with Crippen molar-refractivity contribution in [2.75, 3.05) is 52.9 Å². The van der Waals surface area contributed by atoms with Gasteiger partial charge in [-0.1, -0.05) is 0 Å². The highest BCUT2D eigenvalue weighted by molar-refractivity contribution is 7.81. The Labute approximate surface area is 484 Å². The number of hydrogen-bond acceptors (Lipinski definition) is 37. The second-order valence-corrected chi connectivity index (χ2v) is 23.7. The number of rotatable bonds is 22. The van der Waals surface area contributed by atoms with Gasteiger partial charge in [0.2, 0.25) is 0 Å². The zero-order valence-electron chi connectivity index (χ0n) is 44.9. The van der Waals surface area contributed by atoms with E-state index in [1.807, 2.05) is 0 Å². The monoisotopic (exact) mass is 1290 g/mol. The second-order valence-electron chi connectivity index (χ2n) is 21.5. The average molecular weight is 1290 g/mol. The Kier molecular flexibility index (Phi) is 24.4. The van der Waals surface area contributed by atoms with E-state index in [4.69, 9.17) is 94.0 Å². The second kappa shape index (κ2) is 29.8. The Morgan fingerprint density at radius 3 is 0.988 bits per heavy atom. The van der Waals surface area contributed by atoms with Gasteiger partial charge in [0, 0.05) is 25.7 Å². The van der Waals surface area contributed by atoms with Crippen molar-refractivity contribution >= 4 is 20.8 Å². The molecule has 0 bridgehead atoms. The van der Waals surface area contributed by atoms with Crippen molar-refractivity contribution in [3.8, 4) is 0 Å². The Bertz CT molecular complexity index is 2310. The van der Waals surface area contributed by atoms with Crippen LogP contribution in [0.2, 0.25) is 0 Å². The number of aliphatic hydroxyl groups is 12.